The molecule has 1 aliphatic carbocycles. The Labute approximate surface area is 264 Å². The summed E-state index contributed by atoms with van der Waals surface area (Å²) in [5.74, 6) is 1.52. The molecule has 10 nitrogen and oxygen atoms in total. The number of ether oxygens (including phenoxy) is 1. The number of amides is 1. The fourth-order valence-electron chi connectivity index (χ4n) is 6.81. The van der Waals surface area contributed by atoms with Crippen molar-refractivity contribution in [3.63, 3.8) is 0 Å². The summed E-state index contributed by atoms with van der Waals surface area (Å²) in [6.45, 7) is 1.14. The van der Waals surface area contributed by atoms with E-state index in [9.17, 15) is 14.4 Å². The molecule has 1 aliphatic heterocycles. The molecule has 5 heterocycles. The number of rotatable bonds is 6. The van der Waals surface area contributed by atoms with Crippen LogP contribution in [0.15, 0.2) is 66.9 Å². The number of methoxy groups -OCH3 is 1. The van der Waals surface area contributed by atoms with Gasteiger partial charge in [0.1, 0.15) is 23.1 Å². The second kappa shape index (κ2) is 10.8. The third kappa shape index (κ3) is 4.82. The summed E-state index contributed by atoms with van der Waals surface area (Å²) in [6.07, 6.45) is 2.94. The van der Waals surface area contributed by atoms with E-state index in [0.29, 0.717) is 34.8 Å². The minimum absolute atomic E-state index is 0.0223. The van der Waals surface area contributed by atoms with Crippen molar-refractivity contribution in [1.29, 1.82) is 0 Å². The van der Waals surface area contributed by atoms with Gasteiger partial charge in [0.15, 0.2) is 12.0 Å². The minimum Gasteiger partial charge on any atom is -0.618 e. The smallest absolute Gasteiger partial charge is 0.254 e. The number of alkyl halides is 1. The second-order valence-corrected chi connectivity index (χ2v) is 12.6. The first-order valence-corrected chi connectivity index (χ1v) is 15.6. The Morgan fingerprint density at radius 1 is 1.09 bits per heavy atom. The zero-order chi connectivity index (χ0) is 31.7. The van der Waals surface area contributed by atoms with Gasteiger partial charge in [0.05, 0.1) is 30.6 Å². The van der Waals surface area contributed by atoms with Gasteiger partial charge in [0.2, 0.25) is 5.52 Å². The van der Waals surface area contributed by atoms with Crippen LogP contribution in [0.5, 0.6) is 5.75 Å². The molecule has 234 valence electrons. The van der Waals surface area contributed by atoms with Crippen LogP contribution in [-0.2, 0) is 13.6 Å². The number of aromatic nitrogens is 5. The standard InChI is InChI=1S/C35H34FN7O3/c1-40-32-28(13-24(15-31(32)46-2)35(44)41-18-25(36)16-26(37)19-41)39-34(40)30-14-23-7-9-27(38-33(23)42(30)17-20-5-6-20)21-8-10-29-22(12-21)4-3-11-43(29)45/h3-4,7-15,20,25-26H,5-6,16-19,37H2,1-2H3/t25-,26-/m1/s1. The summed E-state index contributed by atoms with van der Waals surface area (Å²) in [5.41, 5.74) is 11.9. The molecule has 6 aromatic rings. The summed E-state index contributed by atoms with van der Waals surface area (Å²) in [5, 5.41) is 14.1. The molecular weight excluding hydrogens is 585 g/mol. The number of nitrogens with zero attached hydrogens (tertiary/aromatic N) is 6. The van der Waals surface area contributed by atoms with Gasteiger partial charge in [0, 0.05) is 60.2 Å². The van der Waals surface area contributed by atoms with Crippen LogP contribution >= 0.6 is 0 Å². The molecule has 2 N–H and O–H groups in total. The highest BCUT2D eigenvalue weighted by atomic mass is 19.1. The fraction of sp³-hybridized carbons (Fsp3) is 0.314. The van der Waals surface area contributed by atoms with E-state index in [0.717, 1.165) is 56.0 Å². The SMILES string of the molecule is COc1cc(C(=O)N2C[C@H](N)C[C@@H](F)C2)cc2nc(-c3cc4ccc(-c5ccc6c(ccc[n+]6[O-])c5)nc4n3CC3CC3)n(C)c12. The average Bonchev–Trinajstić information content (AvgIpc) is 3.72. The number of carbonyl (C=O) groups is 1. The van der Waals surface area contributed by atoms with E-state index in [1.165, 1.54) is 23.9 Å². The van der Waals surface area contributed by atoms with E-state index in [4.69, 9.17) is 20.4 Å². The average molecular weight is 620 g/mol. The Balaban J connectivity index is 1.23. The van der Waals surface area contributed by atoms with Crippen LogP contribution in [0.2, 0.25) is 0 Å². The molecular formula is C35H34FN7O3. The van der Waals surface area contributed by atoms with Gasteiger partial charge in [-0.15, -0.1) is 0 Å². The molecule has 2 aliphatic rings. The Hall–Kier alpha value is -5.03. The number of hydrogen-bond donors (Lipinski definition) is 1. The van der Waals surface area contributed by atoms with Crippen molar-refractivity contribution in [2.24, 2.45) is 18.7 Å². The van der Waals surface area contributed by atoms with Gasteiger partial charge in [-0.2, -0.15) is 4.73 Å². The molecule has 0 bridgehead atoms. The molecule has 2 atom stereocenters. The van der Waals surface area contributed by atoms with Crippen molar-refractivity contribution >= 4 is 38.9 Å². The molecule has 0 radical (unpaired) electrons. The maximum atomic E-state index is 14.3. The molecule has 1 saturated heterocycles. The van der Waals surface area contributed by atoms with Crippen molar-refractivity contribution in [3.05, 3.63) is 77.6 Å². The predicted octanol–water partition coefficient (Wildman–Crippen LogP) is 4.97. The van der Waals surface area contributed by atoms with Gasteiger partial charge < -0.3 is 29.7 Å². The Kier molecular flexibility index (Phi) is 6.68. The highest BCUT2D eigenvalue weighted by Gasteiger charge is 2.30. The number of pyridine rings is 2. The zero-order valence-electron chi connectivity index (χ0n) is 25.7. The number of carbonyl (C=O) groups excluding carboxylic acids is 1. The predicted molar refractivity (Wildman–Crippen MR) is 174 cm³/mol. The lowest BCUT2D eigenvalue weighted by Crippen LogP contribution is -2.50. The molecule has 1 saturated carbocycles. The van der Waals surface area contributed by atoms with Gasteiger partial charge in [-0.1, -0.05) is 0 Å². The van der Waals surface area contributed by atoms with Crippen molar-refractivity contribution in [1.82, 2.24) is 24.0 Å². The number of hydrogen-bond acceptors (Lipinski definition) is 6. The third-order valence-electron chi connectivity index (χ3n) is 9.29. The van der Waals surface area contributed by atoms with Crippen LogP contribution in [0.4, 0.5) is 4.39 Å². The molecule has 11 heteroatoms. The highest BCUT2D eigenvalue weighted by molar-refractivity contribution is 6.00. The Morgan fingerprint density at radius 3 is 2.72 bits per heavy atom. The van der Waals surface area contributed by atoms with Crippen molar-refractivity contribution < 1.29 is 18.7 Å². The number of nitrogens with two attached hydrogens (primary N) is 1. The van der Waals surface area contributed by atoms with Gasteiger partial charge >= 0.3 is 0 Å². The quantitative estimate of drug-likeness (QED) is 0.208. The number of benzene rings is 2. The van der Waals surface area contributed by atoms with Crippen LogP contribution in [-0.4, -0.2) is 62.3 Å². The molecule has 46 heavy (non-hydrogen) atoms. The summed E-state index contributed by atoms with van der Waals surface area (Å²) >= 11 is 0. The van der Waals surface area contributed by atoms with Crippen LogP contribution < -0.4 is 15.2 Å². The van der Waals surface area contributed by atoms with E-state index >= 15 is 0 Å². The first-order chi connectivity index (χ1) is 22.3. The van der Waals surface area contributed by atoms with Crippen LogP contribution in [0.25, 0.3) is 55.7 Å². The summed E-state index contributed by atoms with van der Waals surface area (Å²) in [6, 6.07) is 18.7. The lowest BCUT2D eigenvalue weighted by atomic mass is 10.0. The Bertz CT molecular complexity index is 2160. The first-order valence-electron chi connectivity index (χ1n) is 15.6. The summed E-state index contributed by atoms with van der Waals surface area (Å²) in [7, 11) is 3.52. The van der Waals surface area contributed by atoms with Gasteiger partial charge in [-0.3, -0.25) is 4.79 Å². The Morgan fingerprint density at radius 2 is 1.93 bits per heavy atom. The highest BCUT2D eigenvalue weighted by Crippen LogP contribution is 2.38. The molecule has 2 aromatic carbocycles. The number of likely N-dealkylation sites (tertiary alicyclic amines) is 1. The van der Waals surface area contributed by atoms with Crippen molar-refractivity contribution in [2.75, 3.05) is 20.2 Å². The molecule has 1 amide bonds. The van der Waals surface area contributed by atoms with E-state index in [1.807, 2.05) is 41.9 Å². The second-order valence-electron chi connectivity index (χ2n) is 12.6. The van der Waals surface area contributed by atoms with Crippen molar-refractivity contribution in [2.45, 2.75) is 38.0 Å². The minimum atomic E-state index is -1.15. The molecule has 4 aromatic heterocycles. The zero-order valence-corrected chi connectivity index (χ0v) is 25.7. The van der Waals surface area contributed by atoms with E-state index in [1.54, 1.807) is 25.3 Å². The van der Waals surface area contributed by atoms with Crippen LogP contribution in [0.1, 0.15) is 29.6 Å². The number of piperidine rings is 1. The lowest BCUT2D eigenvalue weighted by Gasteiger charge is -2.33. The number of halogens is 1. The molecule has 0 unspecified atom stereocenters. The lowest BCUT2D eigenvalue weighted by molar-refractivity contribution is -0.577. The topological polar surface area (TPSA) is 118 Å². The monoisotopic (exact) mass is 619 g/mol. The maximum absolute atomic E-state index is 14.3. The van der Waals surface area contributed by atoms with E-state index < -0.39 is 12.2 Å². The summed E-state index contributed by atoms with van der Waals surface area (Å²) in [4.78, 5) is 25.2. The van der Waals surface area contributed by atoms with Gasteiger partial charge in [0.25, 0.3) is 5.91 Å². The van der Waals surface area contributed by atoms with E-state index in [-0.39, 0.29) is 18.9 Å². The first kappa shape index (κ1) is 28.4. The van der Waals surface area contributed by atoms with Crippen LogP contribution in [0, 0.1) is 11.1 Å². The van der Waals surface area contributed by atoms with Gasteiger partial charge in [-0.05, 0) is 73.7 Å². The van der Waals surface area contributed by atoms with E-state index in [2.05, 4.69) is 16.7 Å². The normalized spacial score (nSPS) is 18.6. The largest absolute Gasteiger partial charge is 0.618 e. The third-order valence-corrected chi connectivity index (χ3v) is 9.29. The number of aryl methyl sites for hydroxylation is 1. The molecule has 8 rings (SSSR count). The van der Waals surface area contributed by atoms with Crippen molar-refractivity contribution in [3.8, 4) is 28.5 Å². The fourth-order valence-corrected chi connectivity index (χ4v) is 6.81. The van der Waals surface area contributed by atoms with Crippen LogP contribution in [0.3, 0.4) is 0 Å². The number of fused-ring (bicyclic) bond motifs is 3. The molecule has 2 fully saturated rings. The maximum Gasteiger partial charge on any atom is 0.254 e. The number of imidazole rings is 1. The molecule has 0 spiro atoms. The van der Waals surface area contributed by atoms with Gasteiger partial charge in [-0.25, -0.2) is 14.4 Å². The summed E-state index contributed by atoms with van der Waals surface area (Å²) < 4.78 is 25.2.